The van der Waals surface area contributed by atoms with E-state index in [9.17, 15) is 14.7 Å². The van der Waals surface area contributed by atoms with E-state index >= 15 is 0 Å². The van der Waals surface area contributed by atoms with Gasteiger partial charge in [0.25, 0.3) is 0 Å². The maximum Gasteiger partial charge on any atom is 0.409 e. The van der Waals surface area contributed by atoms with Gasteiger partial charge in [0.05, 0.1) is 7.11 Å². The number of ether oxygens (including phenoxy) is 2. The summed E-state index contributed by atoms with van der Waals surface area (Å²) in [4.78, 5) is 25.9. The van der Waals surface area contributed by atoms with Gasteiger partial charge < -0.3 is 19.5 Å². The predicted molar refractivity (Wildman–Crippen MR) is 133 cm³/mol. The van der Waals surface area contributed by atoms with Crippen molar-refractivity contribution in [1.82, 2.24) is 4.90 Å². The largest absolute Gasteiger partial charge is 0.478 e. The summed E-state index contributed by atoms with van der Waals surface area (Å²) in [5, 5.41) is 9.24. The molecule has 0 aliphatic carbocycles. The second kappa shape index (κ2) is 11.5. The minimum absolute atomic E-state index is 0.253. The van der Waals surface area contributed by atoms with E-state index in [1.165, 1.54) is 31.4 Å². The quantitative estimate of drug-likeness (QED) is 0.552. The predicted octanol–water partition coefficient (Wildman–Crippen LogP) is 5.82. The number of carboxylic acids is 1. The number of hydrogen-bond donors (Lipinski definition) is 1. The van der Waals surface area contributed by atoms with Gasteiger partial charge in [0.15, 0.2) is 5.60 Å². The lowest BCUT2D eigenvalue weighted by Gasteiger charge is -2.25. The van der Waals surface area contributed by atoms with Crippen LogP contribution in [0.25, 0.3) is 0 Å². The van der Waals surface area contributed by atoms with Gasteiger partial charge in [0, 0.05) is 23.9 Å². The molecule has 1 fully saturated rings. The lowest BCUT2D eigenvalue weighted by atomic mass is 9.94. The zero-order valence-electron chi connectivity index (χ0n) is 20.6. The average molecular weight is 474 g/mol. The number of hydrogen-bond acceptors (Lipinski definition) is 5. The molecule has 2 aromatic carbocycles. The van der Waals surface area contributed by atoms with E-state index in [0.717, 1.165) is 23.1 Å². The molecule has 0 bridgehead atoms. The molecule has 1 aliphatic heterocycles. The van der Waals surface area contributed by atoms with Crippen molar-refractivity contribution in [2.75, 3.05) is 26.5 Å². The molecular weight excluding hydrogens is 438 g/mol. The van der Waals surface area contributed by atoms with E-state index in [1.54, 1.807) is 16.7 Å². The number of carbonyl (C=O) groups excluding carboxylic acids is 1. The Bertz CT molecular complexity index is 948. The molecule has 3 rings (SSSR count). The highest BCUT2D eigenvalue weighted by atomic mass is 32.2. The second-order valence-corrected chi connectivity index (χ2v) is 9.70. The second-order valence-electron chi connectivity index (χ2n) is 8.82. The van der Waals surface area contributed by atoms with Crippen LogP contribution in [0.2, 0.25) is 0 Å². The first kappa shape index (κ1) is 26.6. The first-order chi connectivity index (χ1) is 15.5. The van der Waals surface area contributed by atoms with E-state index in [0.29, 0.717) is 18.8 Å². The average Bonchev–Trinajstić information content (AvgIpc) is 3.27. The lowest BCUT2D eigenvalue weighted by Crippen LogP contribution is -2.38. The number of rotatable bonds is 5. The van der Waals surface area contributed by atoms with Crippen LogP contribution in [0.4, 0.5) is 4.79 Å². The molecule has 6 nitrogen and oxygen atoms in total. The molecule has 0 aromatic heterocycles. The summed E-state index contributed by atoms with van der Waals surface area (Å²) in [5.41, 5.74) is 2.97. The molecular formula is C26H35NO5S. The molecule has 1 atom stereocenters. The highest BCUT2D eigenvalue weighted by molar-refractivity contribution is 7.98. The summed E-state index contributed by atoms with van der Waals surface area (Å²) in [6.07, 6.45) is 2.67. The number of methoxy groups -OCH3 is 1. The normalized spacial score (nSPS) is 15.5. The topological polar surface area (TPSA) is 76.1 Å². The number of amides is 1. The van der Waals surface area contributed by atoms with E-state index in [-0.39, 0.29) is 12.0 Å². The fourth-order valence-electron chi connectivity index (χ4n) is 3.68. The Morgan fingerprint density at radius 1 is 1.09 bits per heavy atom. The molecule has 1 unspecified atom stereocenters. The Morgan fingerprint density at radius 2 is 1.67 bits per heavy atom. The molecule has 1 N–H and O–H groups in total. The van der Waals surface area contributed by atoms with E-state index in [4.69, 9.17) is 9.47 Å². The molecule has 33 heavy (non-hydrogen) atoms. The van der Waals surface area contributed by atoms with Crippen LogP contribution in [0.1, 0.15) is 48.4 Å². The maximum absolute atomic E-state index is 11.6. The fraction of sp³-hybridized carbons (Fsp3) is 0.462. The summed E-state index contributed by atoms with van der Waals surface area (Å²) in [6.45, 7) is 10.3. The summed E-state index contributed by atoms with van der Waals surface area (Å²) < 4.78 is 10.5. The molecule has 0 spiro atoms. The van der Waals surface area contributed by atoms with Gasteiger partial charge in [-0.25, -0.2) is 9.59 Å². The van der Waals surface area contributed by atoms with Gasteiger partial charge in [-0.3, -0.25) is 0 Å². The third-order valence-electron chi connectivity index (χ3n) is 5.70. The maximum atomic E-state index is 11.6. The molecule has 0 radical (unpaired) electrons. The number of aryl methyl sites for hydroxylation is 3. The molecule has 1 heterocycles. The number of nitrogens with zero attached hydrogens (tertiary/aromatic N) is 1. The third kappa shape index (κ3) is 7.16. The van der Waals surface area contributed by atoms with Crippen LogP contribution in [-0.4, -0.2) is 54.1 Å². The van der Waals surface area contributed by atoms with Gasteiger partial charge in [-0.2, -0.15) is 0 Å². The van der Waals surface area contributed by atoms with E-state index in [2.05, 4.69) is 37.4 Å². The van der Waals surface area contributed by atoms with Gasteiger partial charge >= 0.3 is 12.1 Å². The minimum Gasteiger partial charge on any atom is -0.478 e. The van der Waals surface area contributed by atoms with E-state index in [1.807, 2.05) is 26.0 Å². The first-order valence-corrected chi connectivity index (χ1v) is 12.2. The Hall–Kier alpha value is -2.67. The van der Waals surface area contributed by atoms with Crippen LogP contribution >= 0.6 is 11.8 Å². The third-order valence-corrected chi connectivity index (χ3v) is 6.45. The molecule has 7 heteroatoms. The molecule has 2 aromatic rings. The van der Waals surface area contributed by atoms with Crippen molar-refractivity contribution < 1.29 is 24.2 Å². The highest BCUT2D eigenvalue weighted by Crippen LogP contribution is 2.34. The molecule has 180 valence electrons. The van der Waals surface area contributed by atoms with Gasteiger partial charge in [-0.15, -0.1) is 11.8 Å². The van der Waals surface area contributed by atoms with Crippen LogP contribution in [0.15, 0.2) is 41.3 Å². The standard InChI is InChI=1S/C18H25NO5.C8H10S/c1-11-8-14(13-6-7-19(10-13)17(22)23-5)9-12(2)15(11)24-18(3,4)16(20)21;1-7-3-5-8(9-2)6-4-7/h8-9,13H,6-7,10H2,1-5H3,(H,20,21);3-6H,1-2H3. The Kier molecular flexibility index (Phi) is 9.23. The highest BCUT2D eigenvalue weighted by Gasteiger charge is 2.32. The van der Waals surface area contributed by atoms with Crippen LogP contribution in [0, 0.1) is 20.8 Å². The summed E-state index contributed by atoms with van der Waals surface area (Å²) >= 11 is 1.78. The smallest absolute Gasteiger partial charge is 0.409 e. The number of carbonyl (C=O) groups is 2. The van der Waals surface area contributed by atoms with E-state index < -0.39 is 11.6 Å². The lowest BCUT2D eigenvalue weighted by molar-refractivity contribution is -0.152. The van der Waals surface area contributed by atoms with Gasteiger partial charge in [0.2, 0.25) is 0 Å². The van der Waals surface area contributed by atoms with Crippen LogP contribution in [0.3, 0.4) is 0 Å². The Morgan fingerprint density at radius 3 is 2.15 bits per heavy atom. The van der Waals surface area contributed by atoms with Gasteiger partial charge in [-0.05, 0) is 76.1 Å². The van der Waals surface area contributed by atoms with Crippen molar-refractivity contribution >= 4 is 23.8 Å². The zero-order valence-corrected chi connectivity index (χ0v) is 21.4. The first-order valence-electron chi connectivity index (χ1n) is 11.0. The van der Waals surface area contributed by atoms with Gasteiger partial charge in [-0.1, -0.05) is 29.8 Å². The van der Waals surface area contributed by atoms with Crippen LogP contribution in [0.5, 0.6) is 5.75 Å². The zero-order chi connectivity index (χ0) is 24.8. The van der Waals surface area contributed by atoms with Crippen molar-refractivity contribution in [2.24, 2.45) is 0 Å². The SMILES string of the molecule is COC(=O)N1CCC(c2cc(C)c(OC(C)(C)C(=O)O)c(C)c2)C1.CSc1ccc(C)cc1. The fourth-order valence-corrected chi connectivity index (χ4v) is 4.09. The molecule has 1 amide bonds. The van der Waals surface area contributed by atoms with Crippen molar-refractivity contribution in [3.8, 4) is 5.75 Å². The van der Waals surface area contributed by atoms with Crippen molar-refractivity contribution in [1.29, 1.82) is 0 Å². The number of benzene rings is 2. The van der Waals surface area contributed by atoms with Crippen molar-refractivity contribution in [3.63, 3.8) is 0 Å². The number of aliphatic carboxylic acids is 1. The summed E-state index contributed by atoms with van der Waals surface area (Å²) in [6, 6.07) is 12.6. The van der Waals surface area contributed by atoms with Gasteiger partial charge in [0.1, 0.15) is 5.75 Å². The van der Waals surface area contributed by atoms with Crippen molar-refractivity contribution in [2.45, 2.75) is 57.5 Å². The number of thioether (sulfide) groups is 1. The number of carboxylic acid groups (broad SMARTS) is 1. The summed E-state index contributed by atoms with van der Waals surface area (Å²) in [7, 11) is 1.39. The molecule has 0 saturated carbocycles. The number of likely N-dealkylation sites (tertiary alicyclic amines) is 1. The Labute approximate surface area is 201 Å². The molecule has 1 saturated heterocycles. The monoisotopic (exact) mass is 473 g/mol. The van der Waals surface area contributed by atoms with Crippen LogP contribution in [-0.2, 0) is 9.53 Å². The minimum atomic E-state index is -1.29. The summed E-state index contributed by atoms with van der Waals surface area (Å²) in [5.74, 6) is -0.146. The van der Waals surface area contributed by atoms with Crippen LogP contribution < -0.4 is 4.74 Å². The van der Waals surface area contributed by atoms with Crippen molar-refractivity contribution in [3.05, 3.63) is 58.7 Å². The Balaban J connectivity index is 0.000000357. The molecule has 1 aliphatic rings.